The molecular weight excluding hydrogens is 224 g/mol. The SMILES string of the molecule is C=C/C=C(\N)c1cc(N)c2cc(OC)ccc2c1. The Hall–Kier alpha value is -2.42. The number of rotatable bonds is 3. The molecule has 0 spiro atoms. The maximum Gasteiger partial charge on any atom is 0.119 e. The number of hydrogen-bond acceptors (Lipinski definition) is 3. The lowest BCUT2D eigenvalue weighted by Gasteiger charge is -2.09. The first-order chi connectivity index (χ1) is 8.65. The second kappa shape index (κ2) is 4.84. The normalized spacial score (nSPS) is 11.5. The number of fused-ring (bicyclic) bond motifs is 1. The van der Waals surface area contributed by atoms with Gasteiger partial charge in [0.05, 0.1) is 7.11 Å². The van der Waals surface area contributed by atoms with Gasteiger partial charge in [-0.2, -0.15) is 0 Å². The van der Waals surface area contributed by atoms with Gasteiger partial charge in [-0.15, -0.1) is 0 Å². The average molecular weight is 240 g/mol. The Kier molecular flexibility index (Phi) is 3.24. The lowest BCUT2D eigenvalue weighted by Crippen LogP contribution is -1.98. The number of nitrogen functional groups attached to an aromatic ring is 1. The highest BCUT2D eigenvalue weighted by Gasteiger charge is 2.04. The number of allylic oxidation sites excluding steroid dienone is 2. The van der Waals surface area contributed by atoms with Crippen LogP contribution in [0.4, 0.5) is 5.69 Å². The molecule has 3 heteroatoms. The second-order valence-electron chi connectivity index (χ2n) is 4.01. The topological polar surface area (TPSA) is 61.3 Å². The van der Waals surface area contributed by atoms with Crippen molar-refractivity contribution in [3.8, 4) is 5.75 Å². The minimum absolute atomic E-state index is 0.648. The summed E-state index contributed by atoms with van der Waals surface area (Å²) in [5.41, 5.74) is 14.2. The van der Waals surface area contributed by atoms with Crippen molar-refractivity contribution < 1.29 is 4.74 Å². The molecule has 0 aliphatic rings. The summed E-state index contributed by atoms with van der Waals surface area (Å²) in [6, 6.07) is 9.65. The molecule has 3 nitrogen and oxygen atoms in total. The highest BCUT2D eigenvalue weighted by atomic mass is 16.5. The van der Waals surface area contributed by atoms with E-state index in [1.807, 2.05) is 30.3 Å². The minimum Gasteiger partial charge on any atom is -0.497 e. The van der Waals surface area contributed by atoms with E-state index in [4.69, 9.17) is 16.2 Å². The molecule has 2 aromatic rings. The van der Waals surface area contributed by atoms with Gasteiger partial charge in [0.1, 0.15) is 5.75 Å². The van der Waals surface area contributed by atoms with E-state index in [0.717, 1.165) is 22.1 Å². The molecule has 92 valence electrons. The molecule has 18 heavy (non-hydrogen) atoms. The minimum atomic E-state index is 0.648. The summed E-state index contributed by atoms with van der Waals surface area (Å²) >= 11 is 0. The Balaban J connectivity index is 2.63. The van der Waals surface area contributed by atoms with Crippen molar-refractivity contribution in [2.75, 3.05) is 12.8 Å². The highest BCUT2D eigenvalue weighted by molar-refractivity contribution is 5.96. The molecule has 0 saturated carbocycles. The molecule has 0 atom stereocenters. The van der Waals surface area contributed by atoms with Crippen molar-refractivity contribution in [3.05, 3.63) is 54.6 Å². The largest absolute Gasteiger partial charge is 0.497 e. The summed E-state index contributed by atoms with van der Waals surface area (Å²) in [7, 11) is 1.64. The molecular formula is C15H16N2O. The zero-order valence-electron chi connectivity index (χ0n) is 10.3. The fraction of sp³-hybridized carbons (Fsp3) is 0.0667. The lowest BCUT2D eigenvalue weighted by atomic mass is 10.0. The molecule has 0 aromatic heterocycles. The van der Waals surface area contributed by atoms with Crippen LogP contribution in [-0.2, 0) is 0 Å². The number of anilines is 1. The monoisotopic (exact) mass is 240 g/mol. The summed E-state index contributed by atoms with van der Waals surface area (Å²) in [6.45, 7) is 3.63. The zero-order chi connectivity index (χ0) is 13.1. The molecule has 0 aliphatic carbocycles. The van der Waals surface area contributed by atoms with Crippen molar-refractivity contribution in [2.45, 2.75) is 0 Å². The average Bonchev–Trinajstić information content (AvgIpc) is 2.38. The van der Waals surface area contributed by atoms with Crippen LogP contribution in [0.5, 0.6) is 5.75 Å². The van der Waals surface area contributed by atoms with Gasteiger partial charge >= 0.3 is 0 Å². The molecule has 0 fully saturated rings. The molecule has 2 rings (SSSR count). The van der Waals surface area contributed by atoms with Crippen molar-refractivity contribution >= 4 is 22.2 Å². The van der Waals surface area contributed by atoms with E-state index in [9.17, 15) is 0 Å². The standard InChI is InChI=1S/C15H16N2O/c1-3-4-14(16)11-7-10-5-6-12(18-2)9-13(10)15(17)8-11/h3-9H,1,16-17H2,2H3/b14-4-. The predicted octanol–water partition coefficient (Wildman–Crippen LogP) is 2.92. The molecule has 0 amide bonds. The second-order valence-corrected chi connectivity index (χ2v) is 4.01. The van der Waals surface area contributed by atoms with Crippen molar-refractivity contribution in [3.63, 3.8) is 0 Å². The van der Waals surface area contributed by atoms with Crippen LogP contribution < -0.4 is 16.2 Å². The van der Waals surface area contributed by atoms with Gasteiger partial charge in [-0.25, -0.2) is 0 Å². The number of nitrogens with two attached hydrogens (primary N) is 2. The highest BCUT2D eigenvalue weighted by Crippen LogP contribution is 2.28. The Morgan fingerprint density at radius 2 is 2.06 bits per heavy atom. The van der Waals surface area contributed by atoms with Gasteiger partial charge in [0.25, 0.3) is 0 Å². The van der Waals surface area contributed by atoms with Crippen LogP contribution in [0.2, 0.25) is 0 Å². The quantitative estimate of drug-likeness (QED) is 0.640. The molecule has 0 radical (unpaired) electrons. The number of ether oxygens (including phenoxy) is 1. The van der Waals surface area contributed by atoms with Gasteiger partial charge in [-0.3, -0.25) is 0 Å². The van der Waals surface area contributed by atoms with Gasteiger partial charge in [0.15, 0.2) is 0 Å². The third-order valence-electron chi connectivity index (χ3n) is 2.82. The predicted molar refractivity (Wildman–Crippen MR) is 77.3 cm³/mol. The molecule has 0 bridgehead atoms. The molecule has 0 heterocycles. The van der Waals surface area contributed by atoms with Crippen molar-refractivity contribution in [1.82, 2.24) is 0 Å². The Morgan fingerprint density at radius 1 is 1.28 bits per heavy atom. The first kappa shape index (κ1) is 12.0. The van der Waals surface area contributed by atoms with Gasteiger partial charge in [-0.1, -0.05) is 18.7 Å². The van der Waals surface area contributed by atoms with Crippen molar-refractivity contribution in [2.24, 2.45) is 5.73 Å². The first-order valence-corrected chi connectivity index (χ1v) is 5.61. The Labute approximate surface area is 106 Å². The van der Waals surface area contributed by atoms with E-state index in [-0.39, 0.29) is 0 Å². The third-order valence-corrected chi connectivity index (χ3v) is 2.82. The van der Waals surface area contributed by atoms with E-state index >= 15 is 0 Å². The maximum atomic E-state index is 6.05. The zero-order valence-corrected chi connectivity index (χ0v) is 10.3. The van der Waals surface area contributed by atoms with Crippen LogP contribution in [0.1, 0.15) is 5.56 Å². The smallest absolute Gasteiger partial charge is 0.119 e. The molecule has 0 unspecified atom stereocenters. The first-order valence-electron chi connectivity index (χ1n) is 5.61. The lowest BCUT2D eigenvalue weighted by molar-refractivity contribution is 0.415. The maximum absolute atomic E-state index is 6.05. The number of hydrogen-bond donors (Lipinski definition) is 2. The molecule has 0 aliphatic heterocycles. The number of benzene rings is 2. The van der Waals surface area contributed by atoms with Crippen LogP contribution in [0.3, 0.4) is 0 Å². The number of methoxy groups -OCH3 is 1. The third kappa shape index (κ3) is 2.15. The van der Waals surface area contributed by atoms with E-state index in [1.54, 1.807) is 19.3 Å². The summed E-state index contributed by atoms with van der Waals surface area (Å²) < 4.78 is 5.19. The fourth-order valence-electron chi connectivity index (χ4n) is 1.88. The van der Waals surface area contributed by atoms with Crippen LogP contribution in [0.25, 0.3) is 16.5 Å². The van der Waals surface area contributed by atoms with Gasteiger partial charge in [-0.05, 0) is 35.7 Å². The van der Waals surface area contributed by atoms with Crippen LogP contribution in [0.15, 0.2) is 49.1 Å². The van der Waals surface area contributed by atoms with Crippen molar-refractivity contribution in [1.29, 1.82) is 0 Å². The van der Waals surface area contributed by atoms with Gasteiger partial charge in [0, 0.05) is 22.3 Å². The van der Waals surface area contributed by atoms with E-state index in [1.165, 1.54) is 0 Å². The van der Waals surface area contributed by atoms with E-state index in [0.29, 0.717) is 11.4 Å². The fourth-order valence-corrected chi connectivity index (χ4v) is 1.88. The van der Waals surface area contributed by atoms with Crippen LogP contribution in [-0.4, -0.2) is 7.11 Å². The van der Waals surface area contributed by atoms with E-state index in [2.05, 4.69) is 6.58 Å². The van der Waals surface area contributed by atoms with E-state index < -0.39 is 0 Å². The Morgan fingerprint density at radius 3 is 2.72 bits per heavy atom. The van der Waals surface area contributed by atoms with Crippen LogP contribution in [0, 0.1) is 0 Å². The summed E-state index contributed by atoms with van der Waals surface area (Å²) in [5.74, 6) is 0.788. The molecule has 4 N–H and O–H groups in total. The Bertz CT molecular complexity index is 630. The summed E-state index contributed by atoms with van der Waals surface area (Å²) in [5, 5.41) is 2.00. The molecule has 0 saturated heterocycles. The van der Waals surface area contributed by atoms with Gasteiger partial charge in [0.2, 0.25) is 0 Å². The summed E-state index contributed by atoms with van der Waals surface area (Å²) in [6.07, 6.45) is 3.41. The van der Waals surface area contributed by atoms with Crippen LogP contribution >= 0.6 is 0 Å². The molecule has 2 aromatic carbocycles. The summed E-state index contributed by atoms with van der Waals surface area (Å²) in [4.78, 5) is 0. The van der Waals surface area contributed by atoms with Gasteiger partial charge < -0.3 is 16.2 Å².